The monoisotopic (exact) mass is 327 g/mol. The molecule has 0 unspecified atom stereocenters. The highest BCUT2D eigenvalue weighted by atomic mass is 35.5. The molecule has 1 N–H and O–H groups in total. The van der Waals surface area contributed by atoms with Gasteiger partial charge in [-0.05, 0) is 48.4 Å². The molecule has 0 fully saturated rings. The second kappa shape index (κ2) is 7.48. The van der Waals surface area contributed by atoms with Crippen LogP contribution in [0.5, 0.6) is 5.75 Å². The molecule has 0 aliphatic carbocycles. The van der Waals surface area contributed by atoms with Crippen LogP contribution in [0.25, 0.3) is 11.6 Å². The van der Waals surface area contributed by atoms with Crippen molar-refractivity contribution in [3.8, 4) is 11.8 Å². The fraction of sp³-hybridized carbons (Fsp3) is 0.111. The van der Waals surface area contributed by atoms with Crippen LogP contribution in [0.15, 0.2) is 48.5 Å². The average molecular weight is 328 g/mol. The quantitative estimate of drug-likeness (QED) is 0.658. The molecular formula is C18H14ClNO3. The molecule has 0 bridgehead atoms. The molecule has 0 radical (unpaired) electrons. The van der Waals surface area contributed by atoms with Crippen molar-refractivity contribution in [1.82, 2.24) is 0 Å². The molecule has 0 saturated carbocycles. The molecule has 0 aliphatic rings. The summed E-state index contributed by atoms with van der Waals surface area (Å²) in [6.45, 7) is 1.46. The molecule has 5 heteroatoms. The molecule has 0 spiro atoms. The van der Waals surface area contributed by atoms with Crippen LogP contribution in [-0.4, -0.2) is 17.2 Å². The Bertz CT molecular complexity index is 776. The first-order valence-electron chi connectivity index (χ1n) is 6.87. The zero-order valence-corrected chi connectivity index (χ0v) is 13.1. The maximum atomic E-state index is 10.8. The van der Waals surface area contributed by atoms with Gasteiger partial charge in [0.25, 0.3) is 0 Å². The number of carbonyl (C=O) groups is 1. The number of aliphatic carboxylic acids is 1. The fourth-order valence-corrected chi connectivity index (χ4v) is 2.09. The van der Waals surface area contributed by atoms with Crippen LogP contribution in [0, 0.1) is 11.3 Å². The first-order valence-corrected chi connectivity index (χ1v) is 7.24. The summed E-state index contributed by atoms with van der Waals surface area (Å²) >= 11 is 5.94. The van der Waals surface area contributed by atoms with Gasteiger partial charge in [0.2, 0.25) is 0 Å². The lowest BCUT2D eigenvalue weighted by Crippen LogP contribution is -2.22. The minimum atomic E-state index is -1.03. The van der Waals surface area contributed by atoms with Gasteiger partial charge in [-0.25, -0.2) is 4.79 Å². The van der Waals surface area contributed by atoms with E-state index < -0.39 is 12.1 Å². The van der Waals surface area contributed by atoms with E-state index in [1.54, 1.807) is 48.5 Å². The summed E-state index contributed by atoms with van der Waals surface area (Å²) < 4.78 is 5.26. The first-order chi connectivity index (χ1) is 11.0. The minimum Gasteiger partial charge on any atom is -0.479 e. The highest BCUT2D eigenvalue weighted by molar-refractivity contribution is 6.30. The summed E-state index contributed by atoms with van der Waals surface area (Å²) in [6.07, 6.45) is 0.813. The Morgan fingerprint density at radius 2 is 2.00 bits per heavy atom. The molecule has 0 aliphatic heterocycles. The zero-order chi connectivity index (χ0) is 16.8. The molecule has 0 heterocycles. The number of hydrogen-bond donors (Lipinski definition) is 1. The Kier molecular flexibility index (Phi) is 5.40. The number of carboxylic acid groups (broad SMARTS) is 1. The van der Waals surface area contributed by atoms with Crippen molar-refractivity contribution in [1.29, 1.82) is 5.26 Å². The number of nitrogens with zero attached hydrogens (tertiary/aromatic N) is 1. The van der Waals surface area contributed by atoms with Crippen molar-refractivity contribution in [2.45, 2.75) is 13.0 Å². The lowest BCUT2D eigenvalue weighted by Gasteiger charge is -2.10. The number of ether oxygens (including phenoxy) is 1. The second-order valence-electron chi connectivity index (χ2n) is 4.85. The molecule has 2 aromatic carbocycles. The summed E-state index contributed by atoms with van der Waals surface area (Å²) in [4.78, 5) is 10.8. The summed E-state index contributed by atoms with van der Waals surface area (Å²) in [5, 5.41) is 18.7. The average Bonchev–Trinajstić information content (AvgIpc) is 2.54. The van der Waals surface area contributed by atoms with E-state index in [0.717, 1.165) is 11.1 Å². The number of hydrogen-bond acceptors (Lipinski definition) is 3. The standard InChI is InChI=1S/C18H14ClNO3/c1-12(18(21)22)23-17-7-5-13(6-8-17)9-15(11-20)14-3-2-4-16(19)10-14/h2-10,12H,1H3,(H,21,22)/b15-9-/t12-/m1/s1. The lowest BCUT2D eigenvalue weighted by atomic mass is 10.0. The van der Waals surface area contributed by atoms with Gasteiger partial charge in [-0.2, -0.15) is 5.26 Å². The first kappa shape index (κ1) is 16.6. The number of nitriles is 1. The summed E-state index contributed by atoms with van der Waals surface area (Å²) in [6, 6.07) is 16.1. The number of allylic oxidation sites excluding steroid dienone is 1. The third-order valence-electron chi connectivity index (χ3n) is 3.11. The van der Waals surface area contributed by atoms with Gasteiger partial charge in [0, 0.05) is 5.02 Å². The third-order valence-corrected chi connectivity index (χ3v) is 3.34. The predicted octanol–water partition coefficient (Wildman–Crippen LogP) is 4.26. The molecule has 0 aromatic heterocycles. The van der Waals surface area contributed by atoms with Crippen LogP contribution in [0.4, 0.5) is 0 Å². The number of carboxylic acids is 1. The van der Waals surface area contributed by atoms with Crippen molar-refractivity contribution in [2.75, 3.05) is 0 Å². The van der Waals surface area contributed by atoms with Crippen LogP contribution in [0.1, 0.15) is 18.1 Å². The van der Waals surface area contributed by atoms with E-state index >= 15 is 0 Å². The Hall–Kier alpha value is -2.77. The highest BCUT2D eigenvalue weighted by Crippen LogP contribution is 2.22. The lowest BCUT2D eigenvalue weighted by molar-refractivity contribution is -0.144. The van der Waals surface area contributed by atoms with Crippen molar-refractivity contribution in [3.05, 3.63) is 64.7 Å². The molecule has 1 atom stereocenters. The van der Waals surface area contributed by atoms with Crippen molar-refractivity contribution >= 4 is 29.2 Å². The van der Waals surface area contributed by atoms with Gasteiger partial charge >= 0.3 is 5.97 Å². The van der Waals surface area contributed by atoms with Gasteiger partial charge < -0.3 is 9.84 Å². The summed E-state index contributed by atoms with van der Waals surface area (Å²) in [5.41, 5.74) is 2.02. The largest absolute Gasteiger partial charge is 0.479 e. The van der Waals surface area contributed by atoms with E-state index in [2.05, 4.69) is 6.07 Å². The van der Waals surface area contributed by atoms with Crippen LogP contribution in [-0.2, 0) is 4.79 Å². The summed E-state index contributed by atoms with van der Waals surface area (Å²) in [7, 11) is 0. The van der Waals surface area contributed by atoms with Crippen molar-refractivity contribution in [2.24, 2.45) is 0 Å². The van der Waals surface area contributed by atoms with E-state index in [-0.39, 0.29) is 0 Å². The number of benzene rings is 2. The van der Waals surface area contributed by atoms with Gasteiger partial charge in [0.1, 0.15) is 5.75 Å². The van der Waals surface area contributed by atoms with Gasteiger partial charge in [0.05, 0.1) is 11.6 Å². The molecular weight excluding hydrogens is 314 g/mol. The maximum absolute atomic E-state index is 10.8. The molecule has 0 saturated heterocycles. The van der Waals surface area contributed by atoms with E-state index in [0.29, 0.717) is 16.3 Å². The van der Waals surface area contributed by atoms with Crippen LogP contribution < -0.4 is 4.74 Å². The van der Waals surface area contributed by atoms with Crippen LogP contribution in [0.3, 0.4) is 0 Å². The fourth-order valence-electron chi connectivity index (χ4n) is 1.90. The van der Waals surface area contributed by atoms with E-state index in [1.807, 2.05) is 6.07 Å². The van der Waals surface area contributed by atoms with E-state index in [4.69, 9.17) is 21.4 Å². The molecule has 2 rings (SSSR count). The highest BCUT2D eigenvalue weighted by Gasteiger charge is 2.12. The smallest absolute Gasteiger partial charge is 0.344 e. The predicted molar refractivity (Wildman–Crippen MR) is 89.1 cm³/mol. The molecule has 2 aromatic rings. The Morgan fingerprint density at radius 3 is 2.57 bits per heavy atom. The van der Waals surface area contributed by atoms with Crippen molar-refractivity contribution < 1.29 is 14.6 Å². The zero-order valence-electron chi connectivity index (χ0n) is 12.4. The molecule has 23 heavy (non-hydrogen) atoms. The molecule has 116 valence electrons. The number of rotatable bonds is 5. The topological polar surface area (TPSA) is 70.3 Å². The van der Waals surface area contributed by atoms with E-state index in [9.17, 15) is 10.1 Å². The summed E-state index contributed by atoms with van der Waals surface area (Å²) in [5.74, 6) is -0.569. The molecule has 0 amide bonds. The normalized spacial score (nSPS) is 12.3. The van der Waals surface area contributed by atoms with E-state index in [1.165, 1.54) is 6.92 Å². The number of halogens is 1. The van der Waals surface area contributed by atoms with Gasteiger partial charge in [-0.1, -0.05) is 35.9 Å². The maximum Gasteiger partial charge on any atom is 0.344 e. The molecule has 4 nitrogen and oxygen atoms in total. The SMILES string of the molecule is C[C@@H](Oc1ccc(/C=C(/C#N)c2cccc(Cl)c2)cc1)C(=O)O. The van der Waals surface area contributed by atoms with Crippen molar-refractivity contribution in [3.63, 3.8) is 0 Å². The van der Waals surface area contributed by atoms with Gasteiger partial charge in [-0.15, -0.1) is 0 Å². The van der Waals surface area contributed by atoms with Crippen LogP contribution >= 0.6 is 11.6 Å². The third kappa shape index (κ3) is 4.60. The Balaban J connectivity index is 2.21. The van der Waals surface area contributed by atoms with Gasteiger partial charge in [0.15, 0.2) is 6.10 Å². The Morgan fingerprint density at radius 1 is 1.30 bits per heavy atom. The van der Waals surface area contributed by atoms with Gasteiger partial charge in [-0.3, -0.25) is 0 Å². The minimum absolute atomic E-state index is 0.457. The Labute approximate surface area is 139 Å². The van der Waals surface area contributed by atoms with Crippen LogP contribution in [0.2, 0.25) is 5.02 Å². The second-order valence-corrected chi connectivity index (χ2v) is 5.28.